The van der Waals surface area contributed by atoms with Crippen LogP contribution in [0.2, 0.25) is 5.15 Å². The Morgan fingerprint density at radius 1 is 0.645 bits per heavy atom. The summed E-state index contributed by atoms with van der Waals surface area (Å²) in [6.07, 6.45) is 0. The molecule has 10 heteroatoms. The van der Waals surface area contributed by atoms with E-state index in [1.807, 2.05) is 26.0 Å². The van der Waals surface area contributed by atoms with Crippen molar-refractivity contribution in [3.05, 3.63) is 40.5 Å². The number of nitrogens with zero attached hydrogens (tertiary/aromatic N) is 4. The Morgan fingerprint density at radius 3 is 1.61 bits per heavy atom. The molecule has 0 bridgehead atoms. The highest BCUT2D eigenvalue weighted by Gasteiger charge is 2.10. The van der Waals surface area contributed by atoms with E-state index in [-0.39, 0.29) is 11.0 Å². The van der Waals surface area contributed by atoms with Crippen LogP contribution in [-0.4, -0.2) is 41.3 Å². The van der Waals surface area contributed by atoms with Crippen molar-refractivity contribution in [1.29, 1.82) is 0 Å². The van der Waals surface area contributed by atoms with Crippen molar-refractivity contribution < 1.29 is 14.2 Å². The third-order valence-corrected chi connectivity index (χ3v) is 4.90. The zero-order chi connectivity index (χ0) is 22.7. The minimum absolute atomic E-state index is 0.180. The van der Waals surface area contributed by atoms with Crippen molar-refractivity contribution in [2.24, 2.45) is 0 Å². The number of aryl methyl sites for hydroxylation is 2. The lowest BCUT2D eigenvalue weighted by Crippen LogP contribution is -1.99. The molecular formula is C21H23ClN6O3. The smallest absolute Gasteiger partial charge is 0.257 e. The predicted octanol–water partition coefficient (Wildman–Crippen LogP) is 3.72. The fourth-order valence-corrected chi connectivity index (χ4v) is 2.97. The summed E-state index contributed by atoms with van der Waals surface area (Å²) in [5.41, 5.74) is 16.5. The molecule has 2 aromatic carbocycles. The van der Waals surface area contributed by atoms with Crippen LogP contribution < -0.4 is 25.7 Å². The van der Waals surface area contributed by atoms with Crippen LogP contribution in [0.25, 0.3) is 22.1 Å². The molecule has 0 spiro atoms. The van der Waals surface area contributed by atoms with E-state index < -0.39 is 0 Å². The maximum absolute atomic E-state index is 5.79. The Kier molecular flexibility index (Phi) is 6.45. The first-order chi connectivity index (χ1) is 14.8. The number of anilines is 2. The van der Waals surface area contributed by atoms with Crippen LogP contribution in [-0.2, 0) is 0 Å². The lowest BCUT2D eigenvalue weighted by Gasteiger charge is -2.08. The van der Waals surface area contributed by atoms with Crippen LogP contribution in [0.5, 0.6) is 17.4 Å². The molecular weight excluding hydrogens is 420 g/mol. The number of methoxy groups -OCH3 is 3. The zero-order valence-corrected chi connectivity index (χ0v) is 18.6. The first-order valence-electron chi connectivity index (χ1n) is 9.20. The predicted molar refractivity (Wildman–Crippen MR) is 122 cm³/mol. The Labute approximate surface area is 184 Å². The normalized spacial score (nSPS) is 10.5. The van der Waals surface area contributed by atoms with Gasteiger partial charge in [-0.15, -0.1) is 0 Å². The van der Waals surface area contributed by atoms with Crippen molar-refractivity contribution in [2.75, 3.05) is 32.8 Å². The van der Waals surface area contributed by atoms with Gasteiger partial charge in [0.2, 0.25) is 0 Å². The van der Waals surface area contributed by atoms with E-state index in [4.69, 9.17) is 37.3 Å². The third-order valence-electron chi connectivity index (χ3n) is 4.62. The average Bonchev–Trinajstić information content (AvgIpc) is 2.75. The van der Waals surface area contributed by atoms with Gasteiger partial charge in [-0.3, -0.25) is 0 Å². The van der Waals surface area contributed by atoms with Gasteiger partial charge in [-0.05, 0) is 37.1 Å². The second kappa shape index (κ2) is 9.05. The van der Waals surface area contributed by atoms with E-state index in [1.165, 1.54) is 18.2 Å². The summed E-state index contributed by atoms with van der Waals surface area (Å²) in [6, 6.07) is 7.37. The van der Waals surface area contributed by atoms with Crippen LogP contribution in [0.1, 0.15) is 11.1 Å². The Morgan fingerprint density at radius 2 is 1.10 bits per heavy atom. The monoisotopic (exact) mass is 442 g/mol. The maximum Gasteiger partial charge on any atom is 0.257 e. The number of fused-ring (bicyclic) bond motifs is 2. The minimum atomic E-state index is 0.180. The molecule has 2 heterocycles. The van der Waals surface area contributed by atoms with Gasteiger partial charge < -0.3 is 25.7 Å². The molecule has 0 fully saturated rings. The molecule has 4 rings (SSSR count). The summed E-state index contributed by atoms with van der Waals surface area (Å²) in [7, 11) is 4.64. The molecule has 4 N–H and O–H groups in total. The number of hydrogen-bond acceptors (Lipinski definition) is 9. The molecule has 0 aliphatic rings. The van der Waals surface area contributed by atoms with Gasteiger partial charge in [0.25, 0.3) is 5.88 Å². The number of benzene rings is 2. The Bertz CT molecular complexity index is 1220. The number of ether oxygens (including phenoxy) is 3. The van der Waals surface area contributed by atoms with Crippen molar-refractivity contribution in [1.82, 2.24) is 19.9 Å². The summed E-state index contributed by atoms with van der Waals surface area (Å²) in [5.74, 6) is 2.05. The third kappa shape index (κ3) is 4.61. The molecule has 0 aliphatic heterocycles. The molecule has 0 saturated heterocycles. The number of aromatic nitrogens is 4. The van der Waals surface area contributed by atoms with Crippen molar-refractivity contribution >= 4 is 45.3 Å². The topological polar surface area (TPSA) is 131 Å². The summed E-state index contributed by atoms with van der Waals surface area (Å²) in [6.45, 7) is 4.08. The molecule has 0 amide bonds. The minimum Gasteiger partial charge on any atom is -0.493 e. The van der Waals surface area contributed by atoms with Gasteiger partial charge >= 0.3 is 0 Å². The maximum atomic E-state index is 5.79. The van der Waals surface area contributed by atoms with Crippen LogP contribution in [0.3, 0.4) is 0 Å². The van der Waals surface area contributed by atoms with Gasteiger partial charge in [0.1, 0.15) is 0 Å². The summed E-state index contributed by atoms with van der Waals surface area (Å²) < 4.78 is 15.3. The van der Waals surface area contributed by atoms with Crippen molar-refractivity contribution in [3.8, 4) is 17.4 Å². The van der Waals surface area contributed by atoms with E-state index in [0.717, 1.165) is 11.0 Å². The number of nitrogen functional groups attached to an aromatic ring is 2. The number of hydrogen-bond donors (Lipinski definition) is 2. The SMILES string of the molecule is COc1cc2nc(N)c(Cl)nc2cc1OC.COc1nc2cc(C)c(C)cc2nc1N. The van der Waals surface area contributed by atoms with Crippen LogP contribution in [0.4, 0.5) is 11.6 Å². The van der Waals surface area contributed by atoms with Crippen molar-refractivity contribution in [3.63, 3.8) is 0 Å². The lowest BCUT2D eigenvalue weighted by atomic mass is 10.1. The second-order valence-electron chi connectivity index (χ2n) is 6.64. The highest BCUT2D eigenvalue weighted by molar-refractivity contribution is 6.31. The van der Waals surface area contributed by atoms with E-state index in [9.17, 15) is 0 Å². The molecule has 0 atom stereocenters. The molecule has 0 saturated carbocycles. The number of nitrogens with two attached hydrogens (primary N) is 2. The largest absolute Gasteiger partial charge is 0.493 e. The average molecular weight is 443 g/mol. The van der Waals surface area contributed by atoms with Crippen molar-refractivity contribution in [2.45, 2.75) is 13.8 Å². The Balaban J connectivity index is 0.000000176. The number of halogens is 1. The van der Waals surface area contributed by atoms with Gasteiger partial charge in [0, 0.05) is 12.1 Å². The molecule has 0 aliphatic carbocycles. The molecule has 2 aromatic heterocycles. The standard InChI is InChI=1S/C11H13N3O.C10H10ClN3O2/c1-6-4-8-9(5-7(6)2)14-11(15-3)10(12)13-8;1-15-7-3-5-6(4-8(7)16-2)14-10(12)9(11)13-5/h4-5H,1-3H3,(H2,12,13);3-4H,1-2H3,(H2,12,14). The highest BCUT2D eigenvalue weighted by Crippen LogP contribution is 2.31. The molecule has 162 valence electrons. The molecule has 0 radical (unpaired) electrons. The fraction of sp³-hybridized carbons (Fsp3) is 0.238. The van der Waals surface area contributed by atoms with E-state index >= 15 is 0 Å². The summed E-state index contributed by atoms with van der Waals surface area (Å²) in [4.78, 5) is 16.7. The van der Waals surface area contributed by atoms with Gasteiger partial charge in [-0.25, -0.2) is 19.9 Å². The first-order valence-corrected chi connectivity index (χ1v) is 9.58. The van der Waals surface area contributed by atoms with Gasteiger partial charge in [-0.2, -0.15) is 0 Å². The Hall–Kier alpha value is -3.59. The van der Waals surface area contributed by atoms with Crippen LogP contribution >= 0.6 is 11.6 Å². The molecule has 31 heavy (non-hydrogen) atoms. The van der Waals surface area contributed by atoms with Gasteiger partial charge in [0.15, 0.2) is 28.3 Å². The van der Waals surface area contributed by atoms with Gasteiger partial charge in [-0.1, -0.05) is 11.6 Å². The van der Waals surface area contributed by atoms with Gasteiger partial charge in [0.05, 0.1) is 43.4 Å². The van der Waals surface area contributed by atoms with Crippen LogP contribution in [0, 0.1) is 13.8 Å². The first kappa shape index (κ1) is 22.1. The number of rotatable bonds is 3. The van der Waals surface area contributed by atoms with E-state index in [2.05, 4.69) is 19.9 Å². The second-order valence-corrected chi connectivity index (χ2v) is 7.00. The molecule has 0 unspecified atom stereocenters. The fourth-order valence-electron chi connectivity index (χ4n) is 2.83. The van der Waals surface area contributed by atoms with Crippen LogP contribution in [0.15, 0.2) is 24.3 Å². The summed E-state index contributed by atoms with van der Waals surface area (Å²) >= 11 is 5.79. The summed E-state index contributed by atoms with van der Waals surface area (Å²) in [5, 5.41) is 0.180. The van der Waals surface area contributed by atoms with E-state index in [1.54, 1.807) is 26.4 Å². The molecule has 9 nitrogen and oxygen atoms in total. The zero-order valence-electron chi connectivity index (χ0n) is 17.9. The van der Waals surface area contributed by atoms with E-state index in [0.29, 0.717) is 34.2 Å². The quantitative estimate of drug-likeness (QED) is 0.487. The lowest BCUT2D eigenvalue weighted by molar-refractivity contribution is 0.355. The molecule has 4 aromatic rings. The highest BCUT2D eigenvalue weighted by atomic mass is 35.5.